The molecule has 2 rings (SSSR count). The summed E-state index contributed by atoms with van der Waals surface area (Å²) in [5, 5.41) is 3.05. The van der Waals surface area contributed by atoms with Crippen LogP contribution < -0.4 is 5.32 Å². The van der Waals surface area contributed by atoms with Gasteiger partial charge in [0.15, 0.2) is 0 Å². The highest BCUT2D eigenvalue weighted by molar-refractivity contribution is 5.20. The SMILES string of the molecule is Fc1cncc(F)c1[C@H]1CCCN1. The number of hydrogen-bond acceptors (Lipinski definition) is 2. The summed E-state index contributed by atoms with van der Waals surface area (Å²) in [6, 6.07) is -0.178. The van der Waals surface area contributed by atoms with Crippen LogP contribution in [0.1, 0.15) is 24.4 Å². The van der Waals surface area contributed by atoms with Gasteiger partial charge in [0.05, 0.1) is 12.4 Å². The van der Waals surface area contributed by atoms with Gasteiger partial charge < -0.3 is 5.32 Å². The van der Waals surface area contributed by atoms with Crippen molar-refractivity contribution in [2.24, 2.45) is 0 Å². The molecule has 70 valence electrons. The van der Waals surface area contributed by atoms with Crippen molar-refractivity contribution in [1.29, 1.82) is 0 Å². The van der Waals surface area contributed by atoms with Crippen molar-refractivity contribution < 1.29 is 8.78 Å². The minimum atomic E-state index is -0.556. The Morgan fingerprint density at radius 2 is 2.00 bits per heavy atom. The topological polar surface area (TPSA) is 24.9 Å². The van der Waals surface area contributed by atoms with Crippen LogP contribution in [0.25, 0.3) is 0 Å². The predicted molar refractivity (Wildman–Crippen MR) is 44.1 cm³/mol. The number of halogens is 2. The van der Waals surface area contributed by atoms with Gasteiger partial charge in [-0.15, -0.1) is 0 Å². The van der Waals surface area contributed by atoms with E-state index in [1.54, 1.807) is 0 Å². The van der Waals surface area contributed by atoms with E-state index in [4.69, 9.17) is 0 Å². The third-order valence-corrected chi connectivity index (χ3v) is 2.30. The van der Waals surface area contributed by atoms with E-state index in [-0.39, 0.29) is 11.6 Å². The van der Waals surface area contributed by atoms with E-state index in [1.165, 1.54) is 0 Å². The molecule has 1 aromatic heterocycles. The molecule has 0 radical (unpaired) electrons. The van der Waals surface area contributed by atoms with Crippen LogP contribution in [-0.4, -0.2) is 11.5 Å². The number of nitrogens with zero attached hydrogens (tertiary/aromatic N) is 1. The van der Waals surface area contributed by atoms with Gasteiger partial charge in [-0.05, 0) is 19.4 Å². The Bertz CT molecular complexity index is 288. The van der Waals surface area contributed by atoms with Gasteiger partial charge in [0.1, 0.15) is 11.6 Å². The Kier molecular flexibility index (Phi) is 2.22. The van der Waals surface area contributed by atoms with E-state index in [0.29, 0.717) is 0 Å². The Balaban J connectivity index is 2.37. The molecule has 1 fully saturated rings. The Morgan fingerprint density at radius 3 is 2.54 bits per heavy atom. The summed E-state index contributed by atoms with van der Waals surface area (Å²) >= 11 is 0. The fourth-order valence-corrected chi connectivity index (χ4v) is 1.69. The lowest BCUT2D eigenvalue weighted by Gasteiger charge is -2.11. The zero-order valence-corrected chi connectivity index (χ0v) is 7.06. The number of aromatic nitrogens is 1. The highest BCUT2D eigenvalue weighted by Gasteiger charge is 2.22. The molecule has 0 bridgehead atoms. The first-order valence-electron chi connectivity index (χ1n) is 4.31. The van der Waals surface area contributed by atoms with Gasteiger partial charge in [0.25, 0.3) is 0 Å². The molecule has 0 spiro atoms. The predicted octanol–water partition coefficient (Wildman–Crippen LogP) is 1.78. The molecule has 13 heavy (non-hydrogen) atoms. The summed E-state index contributed by atoms with van der Waals surface area (Å²) in [5.41, 5.74) is 0.132. The van der Waals surface area contributed by atoms with Crippen molar-refractivity contribution >= 4 is 0 Å². The van der Waals surface area contributed by atoms with E-state index in [2.05, 4.69) is 10.3 Å². The molecule has 0 aromatic carbocycles. The molecule has 0 amide bonds. The van der Waals surface area contributed by atoms with E-state index in [0.717, 1.165) is 31.8 Å². The molecule has 2 nitrogen and oxygen atoms in total. The van der Waals surface area contributed by atoms with Gasteiger partial charge >= 0.3 is 0 Å². The van der Waals surface area contributed by atoms with E-state index in [9.17, 15) is 8.78 Å². The van der Waals surface area contributed by atoms with Gasteiger partial charge in [0.2, 0.25) is 0 Å². The van der Waals surface area contributed by atoms with Crippen molar-refractivity contribution in [1.82, 2.24) is 10.3 Å². The van der Waals surface area contributed by atoms with Crippen LogP contribution >= 0.6 is 0 Å². The van der Waals surface area contributed by atoms with Gasteiger partial charge in [-0.25, -0.2) is 8.78 Å². The normalized spacial score (nSPS) is 22.2. The van der Waals surface area contributed by atoms with Crippen LogP contribution in [0, 0.1) is 11.6 Å². The average molecular weight is 184 g/mol. The van der Waals surface area contributed by atoms with E-state index < -0.39 is 11.6 Å². The van der Waals surface area contributed by atoms with E-state index >= 15 is 0 Å². The summed E-state index contributed by atoms with van der Waals surface area (Å²) in [6.45, 7) is 0.825. The lowest BCUT2D eigenvalue weighted by molar-refractivity contribution is 0.500. The average Bonchev–Trinajstić information content (AvgIpc) is 2.57. The van der Waals surface area contributed by atoms with Crippen molar-refractivity contribution in [3.8, 4) is 0 Å². The largest absolute Gasteiger partial charge is 0.310 e. The summed E-state index contributed by atoms with van der Waals surface area (Å²) in [5.74, 6) is -1.11. The van der Waals surface area contributed by atoms with Gasteiger partial charge in [-0.3, -0.25) is 4.98 Å². The lowest BCUT2D eigenvalue weighted by Crippen LogP contribution is -2.16. The first-order valence-corrected chi connectivity index (χ1v) is 4.31. The molecule has 0 unspecified atom stereocenters. The highest BCUT2D eigenvalue weighted by Crippen LogP contribution is 2.26. The molecule has 1 aliphatic heterocycles. The fourth-order valence-electron chi connectivity index (χ4n) is 1.69. The van der Waals surface area contributed by atoms with Crippen molar-refractivity contribution in [2.75, 3.05) is 6.54 Å². The summed E-state index contributed by atoms with van der Waals surface area (Å²) in [7, 11) is 0. The first kappa shape index (κ1) is 8.56. The maximum Gasteiger partial charge on any atom is 0.149 e. The molecule has 1 aliphatic rings. The fraction of sp³-hybridized carbons (Fsp3) is 0.444. The second-order valence-corrected chi connectivity index (χ2v) is 3.17. The standard InChI is InChI=1S/C9H10F2N2/c10-6-4-12-5-7(11)9(6)8-2-1-3-13-8/h4-5,8,13H,1-3H2/t8-/m1/s1. The maximum absolute atomic E-state index is 13.2. The first-order chi connectivity index (χ1) is 6.29. The molecular weight excluding hydrogens is 174 g/mol. The third-order valence-electron chi connectivity index (χ3n) is 2.30. The maximum atomic E-state index is 13.2. The Labute approximate surface area is 75.0 Å². The minimum absolute atomic E-state index is 0.132. The molecule has 0 saturated carbocycles. The van der Waals surface area contributed by atoms with Crippen LogP contribution in [0.15, 0.2) is 12.4 Å². The molecular formula is C9H10F2N2. The second kappa shape index (κ2) is 3.38. The molecule has 1 N–H and O–H groups in total. The van der Waals surface area contributed by atoms with Crippen LogP contribution in [0.2, 0.25) is 0 Å². The highest BCUT2D eigenvalue weighted by atomic mass is 19.1. The number of nitrogens with one attached hydrogen (secondary N) is 1. The molecule has 1 aromatic rings. The molecule has 2 heterocycles. The molecule has 4 heteroatoms. The number of pyridine rings is 1. The zero-order valence-electron chi connectivity index (χ0n) is 7.06. The van der Waals surface area contributed by atoms with Crippen molar-refractivity contribution in [3.05, 3.63) is 29.6 Å². The van der Waals surface area contributed by atoms with Gasteiger partial charge in [-0.1, -0.05) is 0 Å². The Hall–Kier alpha value is -1.03. The van der Waals surface area contributed by atoms with Gasteiger partial charge in [0, 0.05) is 11.6 Å². The Morgan fingerprint density at radius 1 is 1.31 bits per heavy atom. The van der Waals surface area contributed by atoms with Gasteiger partial charge in [-0.2, -0.15) is 0 Å². The molecule has 1 saturated heterocycles. The zero-order chi connectivity index (χ0) is 9.26. The molecule has 0 aliphatic carbocycles. The molecule has 1 atom stereocenters. The lowest BCUT2D eigenvalue weighted by atomic mass is 10.1. The van der Waals surface area contributed by atoms with Crippen LogP contribution in [0.5, 0.6) is 0 Å². The minimum Gasteiger partial charge on any atom is -0.310 e. The number of rotatable bonds is 1. The van der Waals surface area contributed by atoms with E-state index in [1.807, 2.05) is 0 Å². The summed E-state index contributed by atoms with van der Waals surface area (Å²) in [4.78, 5) is 3.44. The van der Waals surface area contributed by atoms with Crippen LogP contribution in [-0.2, 0) is 0 Å². The number of hydrogen-bond donors (Lipinski definition) is 1. The smallest absolute Gasteiger partial charge is 0.149 e. The van der Waals surface area contributed by atoms with Crippen LogP contribution in [0.3, 0.4) is 0 Å². The third kappa shape index (κ3) is 1.54. The quantitative estimate of drug-likeness (QED) is 0.719. The van der Waals surface area contributed by atoms with Crippen molar-refractivity contribution in [3.63, 3.8) is 0 Å². The summed E-state index contributed by atoms with van der Waals surface area (Å²) in [6.07, 6.45) is 3.86. The monoisotopic (exact) mass is 184 g/mol. The second-order valence-electron chi connectivity index (χ2n) is 3.17. The van der Waals surface area contributed by atoms with Crippen LogP contribution in [0.4, 0.5) is 8.78 Å². The van der Waals surface area contributed by atoms with Crippen molar-refractivity contribution in [2.45, 2.75) is 18.9 Å². The summed E-state index contributed by atoms with van der Waals surface area (Å²) < 4.78 is 26.3.